The van der Waals surface area contributed by atoms with Crippen LogP contribution < -0.4 is 10.1 Å². The third-order valence-electron chi connectivity index (χ3n) is 4.74. The smallest absolute Gasteiger partial charge is 0.227 e. The zero-order chi connectivity index (χ0) is 18.2. The molecule has 25 heavy (non-hydrogen) atoms. The number of likely N-dealkylation sites (tertiary alicyclic amines) is 1. The highest BCUT2D eigenvalue weighted by Gasteiger charge is 2.40. The molecule has 0 bridgehead atoms. The SMILES string of the molecule is Cc1c(C#N)ccc2c1C(N1CCCC1=O)=C(NCCO)C(C)(C)O2. The number of nitrogens with one attached hydrogen (secondary N) is 1. The number of nitriles is 1. The van der Waals surface area contributed by atoms with Crippen LogP contribution in [0.5, 0.6) is 5.75 Å². The Kier molecular flexibility index (Phi) is 4.44. The molecule has 0 aliphatic carbocycles. The standard InChI is InChI=1S/C19H23N3O3/c1-12-13(11-20)6-7-14-16(12)17(22-9-4-5-15(22)24)18(21-8-10-23)19(2,3)25-14/h6-7,21,23H,4-5,8-10H2,1-3H3. The lowest BCUT2D eigenvalue weighted by Gasteiger charge is -2.40. The average Bonchev–Trinajstić information content (AvgIpc) is 2.98. The Morgan fingerprint density at radius 1 is 1.44 bits per heavy atom. The molecule has 0 radical (unpaired) electrons. The van der Waals surface area contributed by atoms with Crippen LogP contribution in [0.2, 0.25) is 0 Å². The molecule has 6 nitrogen and oxygen atoms in total. The Balaban J connectivity index is 2.28. The molecule has 6 heteroatoms. The van der Waals surface area contributed by atoms with Gasteiger partial charge in [0.1, 0.15) is 11.4 Å². The van der Waals surface area contributed by atoms with E-state index in [0.29, 0.717) is 30.8 Å². The second kappa shape index (κ2) is 6.41. The van der Waals surface area contributed by atoms with Crippen molar-refractivity contribution in [3.8, 4) is 11.8 Å². The predicted molar refractivity (Wildman–Crippen MR) is 93.6 cm³/mol. The highest BCUT2D eigenvalue weighted by atomic mass is 16.5. The highest BCUT2D eigenvalue weighted by molar-refractivity contribution is 5.92. The molecule has 0 saturated carbocycles. The fourth-order valence-corrected chi connectivity index (χ4v) is 3.56. The van der Waals surface area contributed by atoms with Gasteiger partial charge in [-0.1, -0.05) is 0 Å². The number of carbonyl (C=O) groups is 1. The number of amides is 1. The number of hydrogen-bond donors (Lipinski definition) is 2. The summed E-state index contributed by atoms with van der Waals surface area (Å²) in [5, 5.41) is 21.9. The van der Waals surface area contributed by atoms with E-state index in [4.69, 9.17) is 4.74 Å². The maximum absolute atomic E-state index is 12.5. The van der Waals surface area contributed by atoms with Gasteiger partial charge in [0, 0.05) is 25.1 Å². The largest absolute Gasteiger partial charge is 0.481 e. The number of ether oxygens (including phenoxy) is 1. The van der Waals surface area contributed by atoms with Crippen molar-refractivity contribution in [1.29, 1.82) is 5.26 Å². The first kappa shape index (κ1) is 17.3. The number of rotatable bonds is 4. The molecule has 0 unspecified atom stereocenters. The molecule has 0 atom stereocenters. The van der Waals surface area contributed by atoms with Gasteiger partial charge in [-0.3, -0.25) is 4.79 Å². The van der Waals surface area contributed by atoms with Crippen LogP contribution >= 0.6 is 0 Å². The molecular formula is C19H23N3O3. The van der Waals surface area contributed by atoms with Crippen molar-refractivity contribution >= 4 is 11.6 Å². The van der Waals surface area contributed by atoms with Crippen molar-refractivity contribution in [1.82, 2.24) is 10.2 Å². The molecule has 2 N–H and O–H groups in total. The van der Waals surface area contributed by atoms with Crippen molar-refractivity contribution in [2.24, 2.45) is 0 Å². The lowest BCUT2D eigenvalue weighted by atomic mass is 9.90. The molecule has 1 amide bonds. The Bertz CT molecular complexity index is 790. The molecule has 0 aromatic heterocycles. The van der Waals surface area contributed by atoms with Crippen molar-refractivity contribution in [3.63, 3.8) is 0 Å². The van der Waals surface area contributed by atoms with Gasteiger partial charge in [-0.05, 0) is 44.9 Å². The average molecular weight is 341 g/mol. The van der Waals surface area contributed by atoms with Crippen molar-refractivity contribution in [2.75, 3.05) is 19.7 Å². The highest BCUT2D eigenvalue weighted by Crippen LogP contribution is 2.44. The lowest BCUT2D eigenvalue weighted by molar-refractivity contribution is -0.125. The zero-order valence-electron chi connectivity index (χ0n) is 14.8. The normalized spacial score (nSPS) is 18.7. The van der Waals surface area contributed by atoms with Crippen molar-refractivity contribution in [2.45, 2.75) is 39.2 Å². The summed E-state index contributed by atoms with van der Waals surface area (Å²) in [6, 6.07) is 5.75. The van der Waals surface area contributed by atoms with Crippen LogP contribution in [-0.2, 0) is 4.79 Å². The van der Waals surface area contributed by atoms with E-state index in [1.54, 1.807) is 17.0 Å². The Hall–Kier alpha value is -2.52. The second-order valence-corrected chi connectivity index (χ2v) is 6.86. The summed E-state index contributed by atoms with van der Waals surface area (Å²) in [4.78, 5) is 14.3. The van der Waals surface area contributed by atoms with Crippen molar-refractivity contribution < 1.29 is 14.6 Å². The van der Waals surface area contributed by atoms with Gasteiger partial charge in [0.05, 0.1) is 29.6 Å². The maximum atomic E-state index is 12.5. The van der Waals surface area contributed by atoms with E-state index >= 15 is 0 Å². The molecule has 2 heterocycles. The predicted octanol–water partition coefficient (Wildman–Crippen LogP) is 1.91. The molecule has 0 spiro atoms. The minimum Gasteiger partial charge on any atom is -0.481 e. The van der Waals surface area contributed by atoms with Crippen LogP contribution in [0.4, 0.5) is 0 Å². The minimum atomic E-state index is -0.680. The maximum Gasteiger partial charge on any atom is 0.227 e. The van der Waals surface area contributed by atoms with E-state index in [1.165, 1.54) is 0 Å². The van der Waals surface area contributed by atoms with Crippen LogP contribution in [0.3, 0.4) is 0 Å². The molecular weight excluding hydrogens is 318 g/mol. The summed E-state index contributed by atoms with van der Waals surface area (Å²) in [5.41, 5.74) is 3.01. The molecule has 1 saturated heterocycles. The Morgan fingerprint density at radius 2 is 2.20 bits per heavy atom. The lowest BCUT2D eigenvalue weighted by Crippen LogP contribution is -2.45. The molecule has 1 aromatic carbocycles. The van der Waals surface area contributed by atoms with Gasteiger partial charge >= 0.3 is 0 Å². The Morgan fingerprint density at radius 3 is 2.80 bits per heavy atom. The van der Waals surface area contributed by atoms with Crippen LogP contribution in [0, 0.1) is 18.3 Å². The van der Waals surface area contributed by atoms with E-state index in [1.807, 2.05) is 20.8 Å². The number of benzene rings is 1. The second-order valence-electron chi connectivity index (χ2n) is 6.86. The first-order valence-corrected chi connectivity index (χ1v) is 8.53. The number of nitrogens with zero attached hydrogens (tertiary/aromatic N) is 2. The third-order valence-corrected chi connectivity index (χ3v) is 4.74. The van der Waals surface area contributed by atoms with Gasteiger partial charge in [-0.2, -0.15) is 5.26 Å². The molecule has 1 aromatic rings. The number of aliphatic hydroxyl groups is 1. The first-order chi connectivity index (χ1) is 11.9. The van der Waals surface area contributed by atoms with Crippen molar-refractivity contribution in [3.05, 3.63) is 34.5 Å². The monoisotopic (exact) mass is 341 g/mol. The van der Waals surface area contributed by atoms with E-state index in [2.05, 4.69) is 11.4 Å². The van der Waals surface area contributed by atoms with Gasteiger partial charge in [0.15, 0.2) is 0 Å². The van der Waals surface area contributed by atoms with Gasteiger partial charge in [-0.25, -0.2) is 0 Å². The van der Waals surface area contributed by atoms with Crippen LogP contribution in [0.1, 0.15) is 43.4 Å². The van der Waals surface area contributed by atoms with E-state index in [0.717, 1.165) is 28.9 Å². The summed E-state index contributed by atoms with van der Waals surface area (Å²) >= 11 is 0. The van der Waals surface area contributed by atoms with E-state index in [-0.39, 0.29) is 12.5 Å². The molecule has 132 valence electrons. The number of carbonyl (C=O) groups excluding carboxylic acids is 1. The van der Waals surface area contributed by atoms with E-state index < -0.39 is 5.60 Å². The van der Waals surface area contributed by atoms with Crippen LogP contribution in [0.25, 0.3) is 5.70 Å². The van der Waals surface area contributed by atoms with Gasteiger partial charge in [-0.15, -0.1) is 0 Å². The molecule has 2 aliphatic rings. The number of fused-ring (bicyclic) bond motifs is 1. The Labute approximate surface area is 147 Å². The van der Waals surface area contributed by atoms with Gasteiger partial charge in [0.25, 0.3) is 0 Å². The summed E-state index contributed by atoms with van der Waals surface area (Å²) in [5.74, 6) is 0.745. The number of aliphatic hydroxyl groups excluding tert-OH is 1. The summed E-state index contributed by atoms with van der Waals surface area (Å²) in [6.07, 6.45) is 1.33. The summed E-state index contributed by atoms with van der Waals surface area (Å²) in [6.45, 7) is 6.73. The first-order valence-electron chi connectivity index (χ1n) is 8.53. The van der Waals surface area contributed by atoms with E-state index in [9.17, 15) is 15.2 Å². The molecule has 1 fully saturated rings. The number of hydrogen-bond acceptors (Lipinski definition) is 5. The fourth-order valence-electron chi connectivity index (χ4n) is 3.56. The van der Waals surface area contributed by atoms with Gasteiger partial charge < -0.3 is 20.1 Å². The minimum absolute atomic E-state index is 0.0229. The fraction of sp³-hybridized carbons (Fsp3) is 0.474. The quantitative estimate of drug-likeness (QED) is 0.874. The summed E-state index contributed by atoms with van der Waals surface area (Å²) in [7, 11) is 0. The zero-order valence-corrected chi connectivity index (χ0v) is 14.8. The van der Waals surface area contributed by atoms with Crippen LogP contribution in [0.15, 0.2) is 17.8 Å². The molecule has 2 aliphatic heterocycles. The topological polar surface area (TPSA) is 85.6 Å². The molecule has 3 rings (SSSR count). The summed E-state index contributed by atoms with van der Waals surface area (Å²) < 4.78 is 6.18. The van der Waals surface area contributed by atoms with Gasteiger partial charge in [0.2, 0.25) is 5.91 Å². The third kappa shape index (κ3) is 2.85. The van der Waals surface area contributed by atoms with Crippen LogP contribution in [-0.4, -0.2) is 41.2 Å².